The van der Waals surface area contributed by atoms with Gasteiger partial charge >= 0.3 is 0 Å². The Morgan fingerprint density at radius 1 is 0.759 bits per heavy atom. The monoisotopic (exact) mass is 388 g/mol. The maximum atomic E-state index is 5.21. The van der Waals surface area contributed by atoms with E-state index >= 15 is 0 Å². The molecule has 2 aliphatic rings. The second-order valence-corrected chi connectivity index (χ2v) is 9.27. The van der Waals surface area contributed by atoms with Crippen LogP contribution in [0.15, 0.2) is 61.2 Å². The van der Waals surface area contributed by atoms with Gasteiger partial charge in [0.1, 0.15) is 0 Å². The third-order valence-electron chi connectivity index (χ3n) is 7.57. The third-order valence-corrected chi connectivity index (χ3v) is 7.57. The first-order chi connectivity index (χ1) is 14.3. The molecule has 0 bridgehead atoms. The molecule has 2 fully saturated rings. The zero-order valence-corrected chi connectivity index (χ0v) is 18.0. The molecule has 29 heavy (non-hydrogen) atoms. The van der Waals surface area contributed by atoms with Gasteiger partial charge in [0, 0.05) is 7.11 Å². The van der Waals surface area contributed by atoms with Crippen molar-refractivity contribution in [3.8, 4) is 11.1 Å². The van der Waals surface area contributed by atoms with Crippen molar-refractivity contribution in [1.29, 1.82) is 0 Å². The van der Waals surface area contributed by atoms with Crippen LogP contribution in [-0.4, -0.2) is 7.11 Å². The number of allylic oxidation sites excluding steroid dienone is 1. The van der Waals surface area contributed by atoms with Crippen LogP contribution in [0, 0.1) is 17.8 Å². The highest BCUT2D eigenvalue weighted by molar-refractivity contribution is 5.64. The van der Waals surface area contributed by atoms with Gasteiger partial charge in [-0.15, -0.1) is 6.58 Å². The van der Waals surface area contributed by atoms with E-state index in [1.807, 2.05) is 0 Å². The van der Waals surface area contributed by atoms with Crippen LogP contribution in [0.25, 0.3) is 11.1 Å². The average Bonchev–Trinajstić information content (AvgIpc) is 2.80. The van der Waals surface area contributed by atoms with Crippen LogP contribution < -0.4 is 0 Å². The SMILES string of the molecule is C=CC1CCC(C2CCC(c3ccc(-c4ccc(COC)cc4)cc3)CC2)CC1. The van der Waals surface area contributed by atoms with Crippen molar-refractivity contribution in [2.24, 2.45) is 17.8 Å². The molecule has 0 unspecified atom stereocenters. The molecule has 154 valence electrons. The zero-order chi connectivity index (χ0) is 20.1. The van der Waals surface area contributed by atoms with Gasteiger partial charge in [-0.05, 0) is 97.3 Å². The molecule has 0 radical (unpaired) electrons. The molecule has 0 atom stereocenters. The lowest BCUT2D eigenvalue weighted by Crippen LogP contribution is -2.25. The summed E-state index contributed by atoms with van der Waals surface area (Å²) >= 11 is 0. The molecule has 0 spiro atoms. The number of rotatable bonds is 6. The molecule has 0 aromatic heterocycles. The average molecular weight is 389 g/mol. The van der Waals surface area contributed by atoms with E-state index in [9.17, 15) is 0 Å². The lowest BCUT2D eigenvalue weighted by molar-refractivity contribution is 0.171. The summed E-state index contributed by atoms with van der Waals surface area (Å²) in [6.07, 6.45) is 13.4. The van der Waals surface area contributed by atoms with Crippen molar-refractivity contribution in [1.82, 2.24) is 0 Å². The van der Waals surface area contributed by atoms with Gasteiger partial charge in [0.25, 0.3) is 0 Å². The summed E-state index contributed by atoms with van der Waals surface area (Å²) in [5.41, 5.74) is 5.36. The summed E-state index contributed by atoms with van der Waals surface area (Å²) in [5.74, 6) is 3.50. The van der Waals surface area contributed by atoms with Crippen LogP contribution in [-0.2, 0) is 11.3 Å². The molecule has 0 saturated heterocycles. The number of methoxy groups -OCH3 is 1. The largest absolute Gasteiger partial charge is 0.380 e. The number of ether oxygens (including phenoxy) is 1. The predicted octanol–water partition coefficient (Wildman–Crippen LogP) is 7.77. The Morgan fingerprint density at radius 3 is 1.79 bits per heavy atom. The minimum atomic E-state index is 0.678. The van der Waals surface area contributed by atoms with Crippen molar-refractivity contribution in [3.63, 3.8) is 0 Å². The van der Waals surface area contributed by atoms with Crippen LogP contribution in [0.4, 0.5) is 0 Å². The molecule has 0 aliphatic heterocycles. The molecule has 1 nitrogen and oxygen atoms in total. The maximum absolute atomic E-state index is 5.21. The van der Waals surface area contributed by atoms with E-state index in [0.29, 0.717) is 6.61 Å². The fourth-order valence-electron chi connectivity index (χ4n) is 5.68. The lowest BCUT2D eigenvalue weighted by Gasteiger charge is -2.37. The van der Waals surface area contributed by atoms with Crippen molar-refractivity contribution in [2.45, 2.75) is 63.9 Å². The molecule has 1 heteroatoms. The Hall–Kier alpha value is -1.86. The summed E-state index contributed by atoms with van der Waals surface area (Å²) in [6, 6.07) is 18.1. The van der Waals surface area contributed by atoms with Gasteiger partial charge in [-0.25, -0.2) is 0 Å². The maximum Gasteiger partial charge on any atom is 0.0713 e. The molecule has 2 saturated carbocycles. The van der Waals surface area contributed by atoms with Gasteiger partial charge < -0.3 is 4.74 Å². The van der Waals surface area contributed by atoms with E-state index in [1.165, 1.54) is 68.1 Å². The van der Waals surface area contributed by atoms with Gasteiger partial charge in [0.05, 0.1) is 6.61 Å². The molecule has 4 rings (SSSR count). The highest BCUT2D eigenvalue weighted by Gasteiger charge is 2.30. The Bertz CT molecular complexity index is 757. The molecule has 0 amide bonds. The van der Waals surface area contributed by atoms with E-state index in [-0.39, 0.29) is 0 Å². The van der Waals surface area contributed by atoms with Crippen LogP contribution >= 0.6 is 0 Å². The summed E-state index contributed by atoms with van der Waals surface area (Å²) in [5, 5.41) is 0. The number of benzene rings is 2. The second kappa shape index (κ2) is 9.76. The Labute approximate surface area is 177 Å². The first kappa shape index (κ1) is 20.4. The molecule has 0 heterocycles. The van der Waals surface area contributed by atoms with Crippen LogP contribution in [0.2, 0.25) is 0 Å². The van der Waals surface area contributed by atoms with Crippen molar-refractivity contribution in [2.75, 3.05) is 7.11 Å². The summed E-state index contributed by atoms with van der Waals surface area (Å²) < 4.78 is 5.21. The first-order valence-corrected chi connectivity index (χ1v) is 11.6. The highest BCUT2D eigenvalue weighted by atomic mass is 16.5. The van der Waals surface area contributed by atoms with Crippen molar-refractivity contribution >= 4 is 0 Å². The summed E-state index contributed by atoms with van der Waals surface area (Å²) in [4.78, 5) is 0. The van der Waals surface area contributed by atoms with E-state index in [1.54, 1.807) is 12.7 Å². The Balaban J connectivity index is 1.31. The van der Waals surface area contributed by atoms with Crippen molar-refractivity contribution in [3.05, 3.63) is 72.3 Å². The first-order valence-electron chi connectivity index (χ1n) is 11.6. The smallest absolute Gasteiger partial charge is 0.0713 e. The number of hydrogen-bond acceptors (Lipinski definition) is 1. The quantitative estimate of drug-likeness (QED) is 0.459. The molecular formula is C28H36O. The number of hydrogen-bond donors (Lipinski definition) is 0. The van der Waals surface area contributed by atoms with Gasteiger partial charge in [-0.1, -0.05) is 54.6 Å². The third kappa shape index (κ3) is 5.01. The fraction of sp³-hybridized carbons (Fsp3) is 0.500. The predicted molar refractivity (Wildman–Crippen MR) is 123 cm³/mol. The molecule has 2 aliphatic carbocycles. The van der Waals surface area contributed by atoms with E-state index in [0.717, 1.165) is 23.7 Å². The summed E-state index contributed by atoms with van der Waals surface area (Å²) in [6.45, 7) is 4.68. The molecule has 0 N–H and O–H groups in total. The molecule has 2 aromatic rings. The van der Waals surface area contributed by atoms with Gasteiger partial charge in [-0.3, -0.25) is 0 Å². The minimum absolute atomic E-state index is 0.678. The van der Waals surface area contributed by atoms with Gasteiger partial charge in [0.15, 0.2) is 0 Å². The van der Waals surface area contributed by atoms with E-state index < -0.39 is 0 Å². The normalized spacial score (nSPS) is 27.5. The van der Waals surface area contributed by atoms with E-state index in [2.05, 4.69) is 61.2 Å². The Morgan fingerprint density at radius 2 is 1.28 bits per heavy atom. The van der Waals surface area contributed by atoms with Crippen LogP contribution in [0.1, 0.15) is 68.4 Å². The molecule has 2 aromatic carbocycles. The van der Waals surface area contributed by atoms with Crippen molar-refractivity contribution < 1.29 is 4.74 Å². The zero-order valence-electron chi connectivity index (χ0n) is 18.0. The topological polar surface area (TPSA) is 9.23 Å². The summed E-state index contributed by atoms with van der Waals surface area (Å²) in [7, 11) is 1.74. The van der Waals surface area contributed by atoms with Crippen LogP contribution in [0.5, 0.6) is 0 Å². The standard InChI is InChI=1S/C28H36O/c1-3-21-4-8-23(9-5-21)25-12-16-27(17-13-25)28-18-14-26(15-19-28)24-10-6-22(7-11-24)20-29-2/h3,6-7,10-11,14-15,18-19,21,23,25,27H,1,4-5,8-9,12-13,16-17,20H2,2H3. The highest BCUT2D eigenvalue weighted by Crippen LogP contribution is 2.44. The van der Waals surface area contributed by atoms with Gasteiger partial charge in [0.2, 0.25) is 0 Å². The molecular weight excluding hydrogens is 352 g/mol. The van der Waals surface area contributed by atoms with E-state index in [4.69, 9.17) is 4.74 Å². The van der Waals surface area contributed by atoms with Crippen LogP contribution in [0.3, 0.4) is 0 Å². The fourth-order valence-corrected chi connectivity index (χ4v) is 5.68. The van der Waals surface area contributed by atoms with Gasteiger partial charge in [-0.2, -0.15) is 0 Å². The Kier molecular flexibility index (Phi) is 6.87. The minimum Gasteiger partial charge on any atom is -0.380 e. The lowest BCUT2D eigenvalue weighted by atomic mass is 9.68. The second-order valence-electron chi connectivity index (χ2n) is 9.27.